The molecule has 3 N–H and O–H groups in total. The van der Waals surface area contributed by atoms with Gasteiger partial charge >= 0.3 is 0 Å². The van der Waals surface area contributed by atoms with Crippen LogP contribution in [0, 0.1) is 6.92 Å². The molecule has 0 spiro atoms. The molecular weight excluding hydrogens is 346 g/mol. The summed E-state index contributed by atoms with van der Waals surface area (Å²) in [6.45, 7) is 6.11. The summed E-state index contributed by atoms with van der Waals surface area (Å²) in [5.41, 5.74) is 2.82. The SMILES string of the molecule is CCNC(=NCc1coc(-c2ccc(C)cc2)n1)NCC(=O)NCCOC. The number of methoxy groups -OCH3 is 1. The molecule has 0 aliphatic rings. The van der Waals surface area contributed by atoms with Gasteiger partial charge in [-0.25, -0.2) is 9.98 Å². The van der Waals surface area contributed by atoms with E-state index in [1.54, 1.807) is 13.4 Å². The first-order valence-electron chi connectivity index (χ1n) is 8.91. The fourth-order valence-electron chi connectivity index (χ4n) is 2.23. The number of carbonyl (C=O) groups is 1. The Bertz CT molecular complexity index is 740. The Morgan fingerprint density at radius 3 is 2.70 bits per heavy atom. The smallest absolute Gasteiger partial charge is 0.239 e. The summed E-state index contributed by atoms with van der Waals surface area (Å²) < 4.78 is 10.4. The van der Waals surface area contributed by atoms with Crippen LogP contribution in [0.4, 0.5) is 0 Å². The van der Waals surface area contributed by atoms with Crippen molar-refractivity contribution in [2.75, 3.05) is 33.4 Å². The summed E-state index contributed by atoms with van der Waals surface area (Å²) in [6, 6.07) is 7.98. The zero-order valence-electron chi connectivity index (χ0n) is 16.0. The first-order chi connectivity index (χ1) is 13.1. The van der Waals surface area contributed by atoms with Gasteiger partial charge < -0.3 is 25.1 Å². The summed E-state index contributed by atoms with van der Waals surface area (Å²) >= 11 is 0. The molecule has 0 radical (unpaired) electrons. The van der Waals surface area contributed by atoms with Crippen LogP contribution in [-0.2, 0) is 16.1 Å². The van der Waals surface area contributed by atoms with E-state index in [9.17, 15) is 4.79 Å². The van der Waals surface area contributed by atoms with Crippen LogP contribution in [-0.4, -0.2) is 50.2 Å². The van der Waals surface area contributed by atoms with Crippen LogP contribution in [0.2, 0.25) is 0 Å². The second-order valence-corrected chi connectivity index (χ2v) is 5.90. The quantitative estimate of drug-likeness (QED) is 0.350. The van der Waals surface area contributed by atoms with Crippen molar-refractivity contribution >= 4 is 11.9 Å². The Hall–Kier alpha value is -2.87. The van der Waals surface area contributed by atoms with Crippen molar-refractivity contribution in [1.82, 2.24) is 20.9 Å². The van der Waals surface area contributed by atoms with Crippen LogP contribution in [0.3, 0.4) is 0 Å². The van der Waals surface area contributed by atoms with Crippen molar-refractivity contribution in [3.05, 3.63) is 41.8 Å². The molecule has 2 aromatic rings. The minimum atomic E-state index is -0.124. The highest BCUT2D eigenvalue weighted by Gasteiger charge is 2.07. The van der Waals surface area contributed by atoms with Gasteiger partial charge in [-0.15, -0.1) is 0 Å². The van der Waals surface area contributed by atoms with Crippen LogP contribution >= 0.6 is 0 Å². The predicted octanol–water partition coefficient (Wildman–Crippen LogP) is 1.47. The molecule has 1 heterocycles. The summed E-state index contributed by atoms with van der Waals surface area (Å²) in [5.74, 6) is 0.982. The fraction of sp³-hybridized carbons (Fsp3) is 0.421. The molecule has 8 heteroatoms. The standard InChI is InChI=1S/C19H27N5O3/c1-4-20-19(23-12-17(25)21-9-10-26-3)22-11-16-13-27-18(24-16)15-7-5-14(2)6-8-15/h5-8,13H,4,9-12H2,1-3H3,(H,21,25)(H2,20,22,23). The largest absolute Gasteiger partial charge is 0.444 e. The van der Waals surface area contributed by atoms with Crippen LogP contribution in [0.5, 0.6) is 0 Å². The van der Waals surface area contributed by atoms with Gasteiger partial charge in [0.1, 0.15) is 12.0 Å². The third kappa shape index (κ3) is 7.10. The van der Waals surface area contributed by atoms with E-state index in [0.717, 1.165) is 5.56 Å². The minimum Gasteiger partial charge on any atom is -0.444 e. The van der Waals surface area contributed by atoms with Gasteiger partial charge in [0.15, 0.2) is 5.96 Å². The number of rotatable bonds is 9. The molecule has 0 saturated carbocycles. The number of hydrogen-bond donors (Lipinski definition) is 3. The van der Waals surface area contributed by atoms with E-state index in [1.807, 2.05) is 38.1 Å². The van der Waals surface area contributed by atoms with E-state index in [0.29, 0.717) is 43.8 Å². The molecule has 0 unspecified atom stereocenters. The summed E-state index contributed by atoms with van der Waals surface area (Å²) in [6.07, 6.45) is 1.60. The monoisotopic (exact) mass is 373 g/mol. The number of oxazole rings is 1. The molecule has 1 aromatic heterocycles. The Morgan fingerprint density at radius 1 is 1.22 bits per heavy atom. The van der Waals surface area contributed by atoms with Crippen LogP contribution < -0.4 is 16.0 Å². The van der Waals surface area contributed by atoms with Gasteiger partial charge in [-0.3, -0.25) is 4.79 Å². The third-order valence-electron chi connectivity index (χ3n) is 3.64. The highest BCUT2D eigenvalue weighted by atomic mass is 16.5. The van der Waals surface area contributed by atoms with E-state index >= 15 is 0 Å². The zero-order chi connectivity index (χ0) is 19.5. The maximum atomic E-state index is 11.7. The van der Waals surface area contributed by atoms with Crippen molar-refractivity contribution in [3.63, 3.8) is 0 Å². The molecule has 2 rings (SSSR count). The van der Waals surface area contributed by atoms with Crippen molar-refractivity contribution in [1.29, 1.82) is 0 Å². The van der Waals surface area contributed by atoms with Crippen LogP contribution in [0.1, 0.15) is 18.2 Å². The number of benzene rings is 1. The van der Waals surface area contributed by atoms with Gasteiger partial charge in [-0.2, -0.15) is 0 Å². The number of aromatic nitrogens is 1. The number of hydrogen-bond acceptors (Lipinski definition) is 5. The number of amides is 1. The normalized spacial score (nSPS) is 11.3. The number of aliphatic imine (C=N–C) groups is 1. The zero-order valence-corrected chi connectivity index (χ0v) is 16.0. The number of ether oxygens (including phenoxy) is 1. The molecule has 1 aromatic carbocycles. The maximum Gasteiger partial charge on any atom is 0.239 e. The average molecular weight is 373 g/mol. The number of nitrogens with zero attached hydrogens (tertiary/aromatic N) is 2. The van der Waals surface area contributed by atoms with Crippen molar-refractivity contribution in [2.24, 2.45) is 4.99 Å². The molecule has 0 bridgehead atoms. The van der Waals surface area contributed by atoms with Gasteiger partial charge in [0.25, 0.3) is 0 Å². The summed E-state index contributed by atoms with van der Waals surface area (Å²) in [7, 11) is 1.59. The number of guanidine groups is 1. The van der Waals surface area contributed by atoms with E-state index in [4.69, 9.17) is 9.15 Å². The molecule has 146 valence electrons. The second-order valence-electron chi connectivity index (χ2n) is 5.90. The molecule has 0 fully saturated rings. The van der Waals surface area contributed by atoms with Gasteiger partial charge in [0.2, 0.25) is 11.8 Å². The lowest BCUT2D eigenvalue weighted by atomic mass is 10.1. The number of aryl methyl sites for hydroxylation is 1. The Balaban J connectivity index is 1.90. The van der Waals surface area contributed by atoms with E-state index in [1.165, 1.54) is 5.56 Å². The molecule has 27 heavy (non-hydrogen) atoms. The number of nitrogens with one attached hydrogen (secondary N) is 3. The van der Waals surface area contributed by atoms with Crippen molar-refractivity contribution in [2.45, 2.75) is 20.4 Å². The fourth-order valence-corrected chi connectivity index (χ4v) is 2.23. The first-order valence-corrected chi connectivity index (χ1v) is 8.91. The van der Waals surface area contributed by atoms with Gasteiger partial charge in [0.05, 0.1) is 19.7 Å². The second kappa shape index (κ2) is 11.0. The minimum absolute atomic E-state index is 0.124. The van der Waals surface area contributed by atoms with Crippen LogP contribution in [0.25, 0.3) is 11.5 Å². The lowest BCUT2D eigenvalue weighted by Crippen LogP contribution is -2.43. The molecule has 8 nitrogen and oxygen atoms in total. The average Bonchev–Trinajstić information content (AvgIpc) is 3.14. The first kappa shape index (κ1) is 20.4. The molecule has 0 saturated heterocycles. The van der Waals surface area contributed by atoms with E-state index < -0.39 is 0 Å². The number of carbonyl (C=O) groups excluding carboxylic acids is 1. The highest BCUT2D eigenvalue weighted by Crippen LogP contribution is 2.19. The van der Waals surface area contributed by atoms with Crippen molar-refractivity contribution < 1.29 is 13.9 Å². The molecule has 1 amide bonds. The Morgan fingerprint density at radius 2 is 2.00 bits per heavy atom. The topological polar surface area (TPSA) is 101 Å². The molecule has 0 aliphatic carbocycles. The highest BCUT2D eigenvalue weighted by molar-refractivity contribution is 5.86. The van der Waals surface area contributed by atoms with E-state index in [-0.39, 0.29) is 12.5 Å². The summed E-state index contributed by atoms with van der Waals surface area (Å²) in [5, 5.41) is 8.83. The lowest BCUT2D eigenvalue weighted by molar-refractivity contribution is -0.120. The van der Waals surface area contributed by atoms with Gasteiger partial charge in [-0.05, 0) is 26.0 Å². The van der Waals surface area contributed by atoms with E-state index in [2.05, 4.69) is 25.9 Å². The molecular formula is C19H27N5O3. The van der Waals surface area contributed by atoms with Crippen LogP contribution in [0.15, 0.2) is 39.9 Å². The third-order valence-corrected chi connectivity index (χ3v) is 3.64. The van der Waals surface area contributed by atoms with Gasteiger partial charge in [-0.1, -0.05) is 17.7 Å². The molecule has 0 atom stereocenters. The predicted molar refractivity (Wildman–Crippen MR) is 104 cm³/mol. The molecule has 0 aliphatic heterocycles. The Kier molecular flexibility index (Phi) is 8.31. The van der Waals surface area contributed by atoms with Gasteiger partial charge in [0, 0.05) is 25.8 Å². The maximum absolute atomic E-state index is 11.7. The van der Waals surface area contributed by atoms with Crippen molar-refractivity contribution in [3.8, 4) is 11.5 Å². The Labute approximate surface area is 159 Å². The summed E-state index contributed by atoms with van der Waals surface area (Å²) in [4.78, 5) is 20.7. The lowest BCUT2D eigenvalue weighted by Gasteiger charge is -2.11.